The van der Waals surface area contributed by atoms with Crippen molar-refractivity contribution in [2.24, 2.45) is 0 Å². The summed E-state index contributed by atoms with van der Waals surface area (Å²) < 4.78 is 0. The van der Waals surface area contributed by atoms with Gasteiger partial charge in [-0.1, -0.05) is 72.8 Å². The number of benzene rings is 3. The molecule has 1 nitrogen and oxygen atoms in total. The molecule has 0 atom stereocenters. The van der Waals surface area contributed by atoms with Gasteiger partial charge in [0.05, 0.1) is 0 Å². The van der Waals surface area contributed by atoms with Crippen LogP contribution in [0.4, 0.5) is 5.69 Å². The molecule has 0 aliphatic carbocycles. The summed E-state index contributed by atoms with van der Waals surface area (Å²) in [5, 5.41) is 0. The number of nitrogens with two attached hydrogens (primary N) is 1. The van der Waals surface area contributed by atoms with Gasteiger partial charge in [-0.2, -0.15) is 0 Å². The summed E-state index contributed by atoms with van der Waals surface area (Å²) >= 11 is 0. The minimum Gasteiger partial charge on any atom is -0.398 e. The van der Waals surface area contributed by atoms with Gasteiger partial charge in [0.1, 0.15) is 0 Å². The molecule has 0 aliphatic rings. The Bertz CT molecular complexity index is 702. The number of rotatable bonds is 4. The maximum absolute atomic E-state index is 6.13. The first-order valence-corrected chi connectivity index (χ1v) is 7.26. The highest BCUT2D eigenvalue weighted by atomic mass is 14.6. The molecule has 3 aromatic rings. The van der Waals surface area contributed by atoms with Crippen LogP contribution in [-0.4, -0.2) is 0 Å². The van der Waals surface area contributed by atoms with Crippen LogP contribution < -0.4 is 5.73 Å². The maximum atomic E-state index is 6.13. The van der Waals surface area contributed by atoms with E-state index in [4.69, 9.17) is 5.73 Å². The lowest BCUT2D eigenvalue weighted by molar-refractivity contribution is 1.14. The van der Waals surface area contributed by atoms with Gasteiger partial charge in [0.2, 0.25) is 0 Å². The predicted molar refractivity (Wildman–Crippen MR) is 89.4 cm³/mol. The fourth-order valence-corrected chi connectivity index (χ4v) is 2.57. The van der Waals surface area contributed by atoms with Gasteiger partial charge in [0, 0.05) is 5.69 Å². The second-order valence-electron chi connectivity index (χ2n) is 5.36. The van der Waals surface area contributed by atoms with Gasteiger partial charge >= 0.3 is 0 Å². The quantitative estimate of drug-likeness (QED) is 0.698. The fraction of sp³-hybridized carbons (Fsp3) is 0.100. The number of hydrogen-bond donors (Lipinski definition) is 1. The molecule has 0 unspecified atom stereocenters. The van der Waals surface area contributed by atoms with E-state index < -0.39 is 0 Å². The smallest absolute Gasteiger partial charge is 0.0350 e. The van der Waals surface area contributed by atoms with Crippen molar-refractivity contribution in [2.75, 3.05) is 5.73 Å². The van der Waals surface area contributed by atoms with Crippen LogP contribution in [0.5, 0.6) is 0 Å². The summed E-state index contributed by atoms with van der Waals surface area (Å²) in [6.45, 7) is 0. The maximum Gasteiger partial charge on any atom is 0.0350 e. The summed E-state index contributed by atoms with van der Waals surface area (Å²) in [6, 6.07) is 27.4. The zero-order chi connectivity index (χ0) is 14.5. The topological polar surface area (TPSA) is 26.0 Å². The van der Waals surface area contributed by atoms with E-state index in [1.807, 2.05) is 18.2 Å². The minimum absolute atomic E-state index is 0.871. The molecular weight excluding hydrogens is 254 g/mol. The van der Waals surface area contributed by atoms with Gasteiger partial charge in [-0.15, -0.1) is 0 Å². The molecule has 1 heteroatoms. The Hall–Kier alpha value is -2.54. The molecule has 0 aromatic heterocycles. The minimum atomic E-state index is 0.871. The normalized spacial score (nSPS) is 10.5. The molecule has 0 fully saturated rings. The van der Waals surface area contributed by atoms with Crippen molar-refractivity contribution >= 4 is 5.69 Å². The molecule has 0 spiro atoms. The van der Waals surface area contributed by atoms with E-state index in [-0.39, 0.29) is 0 Å². The van der Waals surface area contributed by atoms with Gasteiger partial charge in [-0.25, -0.2) is 0 Å². The SMILES string of the molecule is Nc1ccc(Cc2ccccc2)cc1Cc1ccccc1. The Morgan fingerprint density at radius 3 is 1.76 bits per heavy atom. The Labute approximate surface area is 126 Å². The molecule has 0 saturated heterocycles. The summed E-state index contributed by atoms with van der Waals surface area (Å²) in [7, 11) is 0. The van der Waals surface area contributed by atoms with Gasteiger partial charge in [0.15, 0.2) is 0 Å². The molecule has 2 N–H and O–H groups in total. The lowest BCUT2D eigenvalue weighted by Gasteiger charge is -2.09. The van der Waals surface area contributed by atoms with E-state index in [2.05, 4.69) is 60.7 Å². The van der Waals surface area contributed by atoms with Crippen molar-refractivity contribution in [3.63, 3.8) is 0 Å². The largest absolute Gasteiger partial charge is 0.398 e. The van der Waals surface area contributed by atoms with Crippen LogP contribution in [0.2, 0.25) is 0 Å². The fourth-order valence-electron chi connectivity index (χ4n) is 2.57. The molecule has 0 bridgehead atoms. The Balaban J connectivity index is 1.83. The third-order valence-corrected chi connectivity index (χ3v) is 3.70. The van der Waals surface area contributed by atoms with Gasteiger partial charge in [-0.3, -0.25) is 0 Å². The Morgan fingerprint density at radius 2 is 1.14 bits per heavy atom. The molecule has 21 heavy (non-hydrogen) atoms. The number of anilines is 1. The van der Waals surface area contributed by atoms with Crippen LogP contribution in [-0.2, 0) is 12.8 Å². The van der Waals surface area contributed by atoms with Crippen molar-refractivity contribution in [1.29, 1.82) is 0 Å². The summed E-state index contributed by atoms with van der Waals surface area (Å²) in [5.74, 6) is 0. The monoisotopic (exact) mass is 273 g/mol. The van der Waals surface area contributed by atoms with E-state index >= 15 is 0 Å². The van der Waals surface area contributed by atoms with Crippen LogP contribution in [0.3, 0.4) is 0 Å². The van der Waals surface area contributed by atoms with Crippen LogP contribution in [0.15, 0.2) is 78.9 Å². The first-order valence-electron chi connectivity index (χ1n) is 7.26. The van der Waals surface area contributed by atoms with Crippen molar-refractivity contribution in [1.82, 2.24) is 0 Å². The zero-order valence-electron chi connectivity index (χ0n) is 12.0. The molecule has 0 saturated carbocycles. The molecule has 0 radical (unpaired) electrons. The average Bonchev–Trinajstić information content (AvgIpc) is 2.53. The van der Waals surface area contributed by atoms with E-state index in [0.717, 1.165) is 18.5 Å². The highest BCUT2D eigenvalue weighted by Gasteiger charge is 2.04. The Morgan fingerprint density at radius 1 is 0.571 bits per heavy atom. The third kappa shape index (κ3) is 3.51. The molecular formula is C20H19N. The first kappa shape index (κ1) is 13.4. The van der Waals surface area contributed by atoms with Crippen LogP contribution in [0, 0.1) is 0 Å². The van der Waals surface area contributed by atoms with Gasteiger partial charge < -0.3 is 5.73 Å². The van der Waals surface area contributed by atoms with Gasteiger partial charge in [0.25, 0.3) is 0 Å². The lowest BCUT2D eigenvalue weighted by Crippen LogP contribution is -1.98. The lowest BCUT2D eigenvalue weighted by atomic mass is 9.98. The highest BCUT2D eigenvalue weighted by molar-refractivity contribution is 5.51. The molecule has 104 valence electrons. The number of hydrogen-bond acceptors (Lipinski definition) is 1. The second-order valence-corrected chi connectivity index (χ2v) is 5.36. The highest BCUT2D eigenvalue weighted by Crippen LogP contribution is 2.20. The summed E-state index contributed by atoms with van der Waals surface area (Å²) in [4.78, 5) is 0. The van der Waals surface area contributed by atoms with Crippen molar-refractivity contribution in [3.05, 3.63) is 101 Å². The standard InChI is InChI=1S/C20H19N/c21-20-12-11-18(13-16-7-3-1-4-8-16)15-19(20)14-17-9-5-2-6-10-17/h1-12,15H,13-14,21H2. The molecule has 0 amide bonds. The van der Waals surface area contributed by atoms with Crippen molar-refractivity contribution in [2.45, 2.75) is 12.8 Å². The van der Waals surface area contributed by atoms with E-state index in [0.29, 0.717) is 0 Å². The third-order valence-electron chi connectivity index (χ3n) is 3.70. The van der Waals surface area contributed by atoms with Gasteiger partial charge in [-0.05, 0) is 41.2 Å². The van der Waals surface area contributed by atoms with Crippen LogP contribution >= 0.6 is 0 Å². The van der Waals surface area contributed by atoms with E-state index in [9.17, 15) is 0 Å². The molecule has 3 aromatic carbocycles. The second kappa shape index (κ2) is 6.27. The van der Waals surface area contributed by atoms with Crippen molar-refractivity contribution in [3.8, 4) is 0 Å². The summed E-state index contributed by atoms with van der Waals surface area (Å²) in [6.07, 6.45) is 1.83. The molecule has 3 rings (SSSR count). The Kier molecular flexibility index (Phi) is 4.02. The van der Waals surface area contributed by atoms with Crippen molar-refractivity contribution < 1.29 is 0 Å². The van der Waals surface area contributed by atoms with Crippen LogP contribution in [0.1, 0.15) is 22.3 Å². The zero-order valence-corrected chi connectivity index (χ0v) is 12.0. The van der Waals surface area contributed by atoms with E-state index in [1.54, 1.807) is 0 Å². The number of nitrogen functional groups attached to an aromatic ring is 1. The molecule has 0 heterocycles. The average molecular weight is 273 g/mol. The predicted octanol–water partition coefficient (Wildman–Crippen LogP) is 4.45. The summed E-state index contributed by atoms with van der Waals surface area (Å²) in [5.41, 5.74) is 12.1. The van der Waals surface area contributed by atoms with Crippen LogP contribution in [0.25, 0.3) is 0 Å². The molecule has 0 aliphatic heterocycles. The van der Waals surface area contributed by atoms with E-state index in [1.165, 1.54) is 22.3 Å². The first-order chi connectivity index (χ1) is 10.3.